The molecule has 0 fully saturated rings. The van der Waals surface area contributed by atoms with Crippen molar-refractivity contribution in [1.29, 1.82) is 0 Å². The van der Waals surface area contributed by atoms with Crippen LogP contribution in [0.1, 0.15) is 5.69 Å². The lowest BCUT2D eigenvalue weighted by atomic mass is 10.1. The molecule has 0 saturated carbocycles. The third-order valence-corrected chi connectivity index (χ3v) is 3.70. The Morgan fingerprint density at radius 2 is 1.95 bits per heavy atom. The molecule has 1 N–H and O–H groups in total. The van der Waals surface area contributed by atoms with E-state index in [4.69, 9.17) is 4.98 Å². The van der Waals surface area contributed by atoms with Gasteiger partial charge in [-0.1, -0.05) is 18.2 Å². The zero-order chi connectivity index (χ0) is 15.0. The highest BCUT2D eigenvalue weighted by Gasteiger charge is 2.15. The number of pyridine rings is 1. The summed E-state index contributed by atoms with van der Waals surface area (Å²) in [5.41, 5.74) is 4.08. The van der Waals surface area contributed by atoms with E-state index in [1.54, 1.807) is 0 Å². The van der Waals surface area contributed by atoms with E-state index >= 15 is 0 Å². The third-order valence-electron chi connectivity index (χ3n) is 3.70. The molecule has 3 aromatic rings. The number of halogens is 1. The normalized spacial score (nSPS) is 11.1. The van der Waals surface area contributed by atoms with Crippen LogP contribution < -0.4 is 5.32 Å². The molecule has 0 aliphatic heterocycles. The van der Waals surface area contributed by atoms with Crippen LogP contribution in [0.25, 0.3) is 21.9 Å². The molecule has 0 unspecified atom stereocenters. The SMILES string of the molecule is Cc1nn(C)c2nc3ccccc3c(NCCN(C)C)c12.Cl. The van der Waals surface area contributed by atoms with Crippen LogP contribution in [0.4, 0.5) is 5.69 Å². The minimum atomic E-state index is 0. The zero-order valence-corrected chi connectivity index (χ0v) is 14.2. The molecule has 0 bridgehead atoms. The van der Waals surface area contributed by atoms with Crippen molar-refractivity contribution in [2.75, 3.05) is 32.5 Å². The summed E-state index contributed by atoms with van der Waals surface area (Å²) in [6.07, 6.45) is 0. The predicted octanol–water partition coefficient (Wildman–Crippen LogP) is 2.83. The van der Waals surface area contributed by atoms with Crippen molar-refractivity contribution >= 4 is 40.0 Å². The van der Waals surface area contributed by atoms with Crippen molar-refractivity contribution in [1.82, 2.24) is 19.7 Å². The highest BCUT2D eigenvalue weighted by atomic mass is 35.5. The lowest BCUT2D eigenvalue weighted by Gasteiger charge is -2.14. The Kier molecular flexibility index (Phi) is 4.88. The molecule has 3 rings (SSSR count). The summed E-state index contributed by atoms with van der Waals surface area (Å²) >= 11 is 0. The van der Waals surface area contributed by atoms with Crippen molar-refractivity contribution in [3.8, 4) is 0 Å². The van der Waals surface area contributed by atoms with Crippen LogP contribution in [0.2, 0.25) is 0 Å². The summed E-state index contributed by atoms with van der Waals surface area (Å²) in [6.45, 7) is 3.91. The number of anilines is 1. The van der Waals surface area contributed by atoms with Gasteiger partial charge in [0.2, 0.25) is 0 Å². The Labute approximate surface area is 136 Å². The van der Waals surface area contributed by atoms with Gasteiger partial charge < -0.3 is 10.2 Å². The monoisotopic (exact) mass is 319 g/mol. The van der Waals surface area contributed by atoms with Crippen LogP contribution in [-0.4, -0.2) is 46.8 Å². The van der Waals surface area contributed by atoms with Gasteiger partial charge in [0.1, 0.15) is 0 Å². The number of rotatable bonds is 4. The molecule has 2 heterocycles. The number of nitrogens with zero attached hydrogens (tertiary/aromatic N) is 4. The summed E-state index contributed by atoms with van der Waals surface area (Å²) in [7, 11) is 6.11. The van der Waals surface area contributed by atoms with Crippen LogP contribution in [0.3, 0.4) is 0 Å². The second kappa shape index (κ2) is 6.50. The molecular weight excluding hydrogens is 298 g/mol. The van der Waals surface area contributed by atoms with Gasteiger partial charge in [0, 0.05) is 25.5 Å². The molecule has 0 aliphatic rings. The average molecular weight is 320 g/mol. The molecule has 2 aromatic heterocycles. The van der Waals surface area contributed by atoms with E-state index in [0.717, 1.165) is 46.4 Å². The molecule has 0 saturated heterocycles. The van der Waals surface area contributed by atoms with Gasteiger partial charge in [-0.3, -0.25) is 4.68 Å². The number of fused-ring (bicyclic) bond motifs is 2. The van der Waals surface area contributed by atoms with Gasteiger partial charge in [-0.2, -0.15) is 5.10 Å². The second-order valence-electron chi connectivity index (χ2n) is 5.64. The molecule has 0 amide bonds. The Hall–Kier alpha value is -1.85. The smallest absolute Gasteiger partial charge is 0.160 e. The Morgan fingerprint density at radius 3 is 2.68 bits per heavy atom. The molecule has 0 radical (unpaired) electrons. The topological polar surface area (TPSA) is 46.0 Å². The zero-order valence-electron chi connectivity index (χ0n) is 13.4. The first-order valence-electron chi connectivity index (χ1n) is 7.18. The second-order valence-corrected chi connectivity index (χ2v) is 5.64. The van der Waals surface area contributed by atoms with Crippen LogP contribution >= 0.6 is 12.4 Å². The predicted molar refractivity (Wildman–Crippen MR) is 95.0 cm³/mol. The number of likely N-dealkylation sites (N-methyl/N-ethyl adjacent to an activating group) is 1. The summed E-state index contributed by atoms with van der Waals surface area (Å²) in [5, 5.41) is 10.4. The van der Waals surface area contributed by atoms with Crippen LogP contribution in [-0.2, 0) is 7.05 Å². The van der Waals surface area contributed by atoms with E-state index in [1.165, 1.54) is 0 Å². The first-order chi connectivity index (χ1) is 10.1. The number of hydrogen-bond donors (Lipinski definition) is 1. The minimum absolute atomic E-state index is 0. The van der Waals surface area contributed by atoms with Gasteiger partial charge in [-0.05, 0) is 27.1 Å². The van der Waals surface area contributed by atoms with Gasteiger partial charge in [0.15, 0.2) is 5.65 Å². The number of aryl methyl sites for hydroxylation is 2. The van der Waals surface area contributed by atoms with Crippen molar-refractivity contribution in [2.45, 2.75) is 6.92 Å². The van der Waals surface area contributed by atoms with E-state index in [9.17, 15) is 0 Å². The van der Waals surface area contributed by atoms with Crippen LogP contribution in [0, 0.1) is 6.92 Å². The average Bonchev–Trinajstić information content (AvgIpc) is 2.73. The molecule has 0 spiro atoms. The number of aromatic nitrogens is 3. The first kappa shape index (κ1) is 16.5. The van der Waals surface area contributed by atoms with E-state index in [2.05, 4.69) is 41.5 Å². The maximum Gasteiger partial charge on any atom is 0.160 e. The Morgan fingerprint density at radius 1 is 1.23 bits per heavy atom. The van der Waals surface area contributed by atoms with Gasteiger partial charge in [0.25, 0.3) is 0 Å². The summed E-state index contributed by atoms with van der Waals surface area (Å²) in [6, 6.07) is 8.24. The molecule has 5 nitrogen and oxygen atoms in total. The molecule has 0 atom stereocenters. The lowest BCUT2D eigenvalue weighted by Crippen LogP contribution is -2.21. The van der Waals surface area contributed by atoms with Gasteiger partial charge >= 0.3 is 0 Å². The highest BCUT2D eigenvalue weighted by Crippen LogP contribution is 2.32. The van der Waals surface area contributed by atoms with E-state index < -0.39 is 0 Å². The van der Waals surface area contributed by atoms with Crippen molar-refractivity contribution in [2.24, 2.45) is 7.05 Å². The van der Waals surface area contributed by atoms with Gasteiger partial charge in [-0.25, -0.2) is 4.98 Å². The summed E-state index contributed by atoms with van der Waals surface area (Å²) < 4.78 is 1.86. The largest absolute Gasteiger partial charge is 0.383 e. The van der Waals surface area contributed by atoms with E-state index in [-0.39, 0.29) is 12.4 Å². The fraction of sp³-hybridized carbons (Fsp3) is 0.375. The molecule has 0 aliphatic carbocycles. The van der Waals surface area contributed by atoms with Crippen molar-refractivity contribution < 1.29 is 0 Å². The van der Waals surface area contributed by atoms with Gasteiger partial charge in [0.05, 0.1) is 22.3 Å². The quantitative estimate of drug-likeness (QED) is 0.803. The maximum atomic E-state index is 4.75. The standard InChI is InChI=1S/C16H21N5.ClH/c1-11-14-15(17-9-10-20(2)3)12-7-5-6-8-13(12)18-16(14)21(4)19-11;/h5-8H,9-10H2,1-4H3,(H,17,18);1H. The van der Waals surface area contributed by atoms with E-state index in [1.807, 2.05) is 30.8 Å². The maximum absolute atomic E-state index is 4.75. The van der Waals surface area contributed by atoms with Crippen LogP contribution in [0.15, 0.2) is 24.3 Å². The third kappa shape index (κ3) is 2.87. The molecule has 6 heteroatoms. The number of nitrogens with one attached hydrogen (secondary N) is 1. The Balaban J connectivity index is 0.00000176. The number of para-hydroxylation sites is 1. The molecule has 118 valence electrons. The Bertz CT molecular complexity index is 794. The molecular formula is C16H22ClN5. The first-order valence-corrected chi connectivity index (χ1v) is 7.18. The number of benzene rings is 1. The van der Waals surface area contributed by atoms with Crippen molar-refractivity contribution in [3.05, 3.63) is 30.0 Å². The highest BCUT2D eigenvalue weighted by molar-refractivity contribution is 6.07. The molecule has 22 heavy (non-hydrogen) atoms. The summed E-state index contributed by atoms with van der Waals surface area (Å²) in [4.78, 5) is 6.92. The van der Waals surface area contributed by atoms with E-state index in [0.29, 0.717) is 0 Å². The minimum Gasteiger partial charge on any atom is -0.383 e. The van der Waals surface area contributed by atoms with Crippen molar-refractivity contribution in [3.63, 3.8) is 0 Å². The molecule has 1 aromatic carbocycles. The fourth-order valence-electron chi connectivity index (χ4n) is 2.69. The summed E-state index contributed by atoms with van der Waals surface area (Å²) in [5.74, 6) is 0. The van der Waals surface area contributed by atoms with Gasteiger partial charge in [-0.15, -0.1) is 12.4 Å². The van der Waals surface area contributed by atoms with Crippen LogP contribution in [0.5, 0.6) is 0 Å². The fourth-order valence-corrected chi connectivity index (χ4v) is 2.69. The number of hydrogen-bond acceptors (Lipinski definition) is 4. The lowest BCUT2D eigenvalue weighted by molar-refractivity contribution is 0.425.